The van der Waals surface area contributed by atoms with E-state index >= 15 is 0 Å². The van der Waals surface area contributed by atoms with Crippen LogP contribution in [0.25, 0.3) is 0 Å². The molecule has 6 N–H and O–H groups in total. The summed E-state index contributed by atoms with van der Waals surface area (Å²) < 4.78 is 0. The zero-order chi connectivity index (χ0) is 14.3. The van der Waals surface area contributed by atoms with Crippen LogP contribution in [0.3, 0.4) is 0 Å². The van der Waals surface area contributed by atoms with E-state index in [1.807, 2.05) is 0 Å². The fourth-order valence-corrected chi connectivity index (χ4v) is 1.60. The zero-order valence-electron chi connectivity index (χ0n) is 11.4. The van der Waals surface area contributed by atoms with E-state index in [1.54, 1.807) is 0 Å². The third-order valence-electron chi connectivity index (χ3n) is 2.54. The van der Waals surface area contributed by atoms with Crippen molar-refractivity contribution in [2.24, 2.45) is 16.6 Å². The molecule has 0 bridgehead atoms. The SMILES string of the molecule is NNC=NCCCCCCCCNC(=O)CC(N)=O. The summed E-state index contributed by atoms with van der Waals surface area (Å²) in [6.45, 7) is 1.41. The lowest BCUT2D eigenvalue weighted by atomic mass is 10.1. The van der Waals surface area contributed by atoms with Gasteiger partial charge in [0.15, 0.2) is 0 Å². The van der Waals surface area contributed by atoms with Crippen LogP contribution < -0.4 is 22.3 Å². The molecule has 7 nitrogen and oxygen atoms in total. The van der Waals surface area contributed by atoms with E-state index in [-0.39, 0.29) is 12.3 Å². The summed E-state index contributed by atoms with van der Waals surface area (Å²) in [6.07, 6.45) is 7.80. The first kappa shape index (κ1) is 17.4. The molecule has 0 rings (SSSR count). The Labute approximate surface area is 114 Å². The maximum absolute atomic E-state index is 11.1. The normalized spacial score (nSPS) is 10.6. The van der Waals surface area contributed by atoms with Gasteiger partial charge in [0.1, 0.15) is 6.42 Å². The lowest BCUT2D eigenvalue weighted by Crippen LogP contribution is -2.29. The van der Waals surface area contributed by atoms with Crippen LogP contribution in [0.15, 0.2) is 4.99 Å². The van der Waals surface area contributed by atoms with Crippen LogP contribution in [0, 0.1) is 0 Å². The number of hydrogen-bond acceptors (Lipinski definition) is 4. The van der Waals surface area contributed by atoms with E-state index in [0.717, 1.165) is 38.6 Å². The van der Waals surface area contributed by atoms with Gasteiger partial charge in [-0.2, -0.15) is 0 Å². The number of carbonyl (C=O) groups is 2. The highest BCUT2D eigenvalue weighted by Crippen LogP contribution is 2.04. The minimum atomic E-state index is -0.593. The van der Waals surface area contributed by atoms with Crippen LogP contribution in [0.5, 0.6) is 0 Å². The standard InChI is InChI=1S/C12H25N5O2/c13-11(18)9-12(19)16-8-6-4-2-1-3-5-7-15-10-17-14/h10H,1-9,14H2,(H2,13,18)(H,15,17)(H,16,19). The second-order valence-corrected chi connectivity index (χ2v) is 4.32. The van der Waals surface area contributed by atoms with Crippen molar-refractivity contribution in [2.45, 2.75) is 44.9 Å². The molecule has 0 aliphatic carbocycles. The summed E-state index contributed by atoms with van der Waals surface area (Å²) in [7, 11) is 0. The third-order valence-corrected chi connectivity index (χ3v) is 2.54. The number of primary amides is 1. The monoisotopic (exact) mass is 271 g/mol. The number of hydrazine groups is 1. The highest BCUT2D eigenvalue weighted by molar-refractivity contribution is 5.95. The minimum absolute atomic E-state index is 0.224. The van der Waals surface area contributed by atoms with Crippen LogP contribution in [0.2, 0.25) is 0 Å². The smallest absolute Gasteiger partial charge is 0.229 e. The first-order chi connectivity index (χ1) is 9.16. The van der Waals surface area contributed by atoms with Crippen molar-refractivity contribution < 1.29 is 9.59 Å². The van der Waals surface area contributed by atoms with Gasteiger partial charge in [-0.3, -0.25) is 14.6 Å². The molecule has 0 radical (unpaired) electrons. The Morgan fingerprint density at radius 3 is 2.32 bits per heavy atom. The first-order valence-electron chi connectivity index (χ1n) is 6.66. The number of aliphatic imine (C=N–C) groups is 1. The van der Waals surface area contributed by atoms with Crippen LogP contribution in [-0.4, -0.2) is 31.2 Å². The maximum Gasteiger partial charge on any atom is 0.229 e. The fraction of sp³-hybridized carbons (Fsp3) is 0.750. The average molecular weight is 271 g/mol. The molecule has 0 saturated carbocycles. The molecule has 0 aliphatic rings. The van der Waals surface area contributed by atoms with Crippen LogP contribution in [0.4, 0.5) is 0 Å². The largest absolute Gasteiger partial charge is 0.369 e. The van der Waals surface area contributed by atoms with Crippen molar-refractivity contribution >= 4 is 18.2 Å². The molecule has 0 aromatic heterocycles. The van der Waals surface area contributed by atoms with Crippen LogP contribution >= 0.6 is 0 Å². The Bertz CT molecular complexity index is 281. The highest BCUT2D eigenvalue weighted by Gasteiger charge is 2.03. The molecule has 2 amide bonds. The van der Waals surface area contributed by atoms with E-state index in [0.29, 0.717) is 6.54 Å². The quantitative estimate of drug-likeness (QED) is 0.0981. The molecule has 0 aromatic rings. The highest BCUT2D eigenvalue weighted by atomic mass is 16.2. The minimum Gasteiger partial charge on any atom is -0.369 e. The Morgan fingerprint density at radius 2 is 1.68 bits per heavy atom. The number of amides is 2. The summed E-state index contributed by atoms with van der Waals surface area (Å²) in [4.78, 5) is 25.6. The van der Waals surface area contributed by atoms with Crippen LogP contribution in [0.1, 0.15) is 44.9 Å². The number of nitrogens with zero attached hydrogens (tertiary/aromatic N) is 1. The van der Waals surface area contributed by atoms with Gasteiger partial charge in [0, 0.05) is 13.1 Å². The molecule has 0 fully saturated rings. The second-order valence-electron chi connectivity index (χ2n) is 4.32. The Balaban J connectivity index is 3.16. The van der Waals surface area contributed by atoms with Gasteiger partial charge in [-0.05, 0) is 12.8 Å². The van der Waals surface area contributed by atoms with E-state index in [1.165, 1.54) is 12.8 Å². The summed E-state index contributed by atoms with van der Waals surface area (Å²) in [6, 6.07) is 0. The van der Waals surface area contributed by atoms with E-state index in [4.69, 9.17) is 11.6 Å². The molecule has 19 heavy (non-hydrogen) atoms. The van der Waals surface area contributed by atoms with Crippen molar-refractivity contribution in [3.05, 3.63) is 0 Å². The molecule has 0 heterocycles. The molecule has 0 aliphatic heterocycles. The van der Waals surface area contributed by atoms with Gasteiger partial charge in [-0.1, -0.05) is 25.7 Å². The Kier molecular flexibility index (Phi) is 11.7. The maximum atomic E-state index is 11.1. The van der Waals surface area contributed by atoms with E-state index in [9.17, 15) is 9.59 Å². The van der Waals surface area contributed by atoms with Gasteiger partial charge in [0.25, 0.3) is 0 Å². The fourth-order valence-electron chi connectivity index (χ4n) is 1.60. The molecule has 0 atom stereocenters. The summed E-state index contributed by atoms with van der Waals surface area (Å²) in [5.74, 6) is 4.15. The van der Waals surface area contributed by atoms with Gasteiger partial charge in [0.2, 0.25) is 11.8 Å². The third kappa shape index (κ3) is 14.3. The van der Waals surface area contributed by atoms with Crippen LogP contribution in [-0.2, 0) is 9.59 Å². The first-order valence-corrected chi connectivity index (χ1v) is 6.66. The number of carbonyl (C=O) groups excluding carboxylic acids is 2. The van der Waals surface area contributed by atoms with Crippen molar-refractivity contribution in [3.8, 4) is 0 Å². The second kappa shape index (κ2) is 12.8. The topological polar surface area (TPSA) is 123 Å². The van der Waals surface area contributed by atoms with Crippen molar-refractivity contribution in [1.82, 2.24) is 10.7 Å². The molecule has 7 heteroatoms. The average Bonchev–Trinajstić information content (AvgIpc) is 2.35. The molecular formula is C12H25N5O2. The van der Waals surface area contributed by atoms with Crippen molar-refractivity contribution in [3.63, 3.8) is 0 Å². The van der Waals surface area contributed by atoms with Gasteiger partial charge in [-0.15, -0.1) is 0 Å². The lowest BCUT2D eigenvalue weighted by molar-refractivity contribution is -0.127. The number of unbranched alkanes of at least 4 members (excludes halogenated alkanes) is 5. The Morgan fingerprint density at radius 1 is 1.05 bits per heavy atom. The number of nitrogens with one attached hydrogen (secondary N) is 2. The molecule has 0 aromatic carbocycles. The summed E-state index contributed by atoms with van der Waals surface area (Å²) >= 11 is 0. The number of hydrogen-bond donors (Lipinski definition) is 4. The van der Waals surface area contributed by atoms with Gasteiger partial charge < -0.3 is 16.5 Å². The van der Waals surface area contributed by atoms with E-state index in [2.05, 4.69) is 15.7 Å². The molecule has 110 valence electrons. The van der Waals surface area contributed by atoms with Gasteiger partial charge >= 0.3 is 0 Å². The zero-order valence-corrected chi connectivity index (χ0v) is 11.4. The van der Waals surface area contributed by atoms with Crippen molar-refractivity contribution in [2.75, 3.05) is 13.1 Å². The predicted molar refractivity (Wildman–Crippen MR) is 75.2 cm³/mol. The Hall–Kier alpha value is -1.63. The van der Waals surface area contributed by atoms with Gasteiger partial charge in [0.05, 0.1) is 6.34 Å². The number of rotatable bonds is 12. The molecule has 0 saturated heterocycles. The molecule has 0 spiro atoms. The summed E-state index contributed by atoms with van der Waals surface area (Å²) in [5.41, 5.74) is 7.26. The van der Waals surface area contributed by atoms with E-state index < -0.39 is 5.91 Å². The van der Waals surface area contributed by atoms with Gasteiger partial charge in [-0.25, -0.2) is 5.84 Å². The predicted octanol–water partition coefficient (Wildman–Crippen LogP) is -0.190. The number of nitrogens with two attached hydrogens (primary N) is 2. The molecular weight excluding hydrogens is 246 g/mol. The summed E-state index contributed by atoms with van der Waals surface area (Å²) in [5, 5.41) is 2.66. The van der Waals surface area contributed by atoms with Crippen molar-refractivity contribution in [1.29, 1.82) is 0 Å². The lowest BCUT2D eigenvalue weighted by Gasteiger charge is -2.03. The molecule has 0 unspecified atom stereocenters.